The Morgan fingerprint density at radius 2 is 1.12 bits per heavy atom. The lowest BCUT2D eigenvalue weighted by Gasteiger charge is -2.43. The van der Waals surface area contributed by atoms with Gasteiger partial charge in [0, 0.05) is 0 Å². The quantitative estimate of drug-likeness (QED) is 0.664. The molecule has 0 bridgehead atoms. The lowest BCUT2D eigenvalue weighted by Crippen LogP contribution is -2.44. The molecule has 0 spiro atoms. The molecule has 3 rings (SSSR count). The molecule has 0 heterocycles. The van der Waals surface area contributed by atoms with Crippen LogP contribution in [0.1, 0.15) is 63.5 Å². The fraction of sp³-hybridized carbons (Fsp3) is 0.727. The van der Waals surface area contributed by atoms with Gasteiger partial charge in [0.05, 0.1) is 37.6 Å². The van der Waals surface area contributed by atoms with Gasteiger partial charge in [0.15, 0.2) is 0 Å². The van der Waals surface area contributed by atoms with Crippen LogP contribution in [-0.4, -0.2) is 34.6 Å². The van der Waals surface area contributed by atoms with Gasteiger partial charge >= 0.3 is 0 Å². The van der Waals surface area contributed by atoms with E-state index < -0.39 is 11.2 Å². The Bertz CT molecular complexity index is 505. The Kier molecular flexibility index (Phi) is 6.39. The summed E-state index contributed by atoms with van der Waals surface area (Å²) in [6.45, 7) is 6.80. The van der Waals surface area contributed by atoms with E-state index in [-0.39, 0.29) is 0 Å². The van der Waals surface area contributed by atoms with Crippen LogP contribution in [0.5, 0.6) is 0 Å². The van der Waals surface area contributed by atoms with Crippen molar-refractivity contribution >= 4 is 0 Å². The van der Waals surface area contributed by atoms with Crippen molar-refractivity contribution in [3.63, 3.8) is 0 Å². The molecule has 2 fully saturated rings. The van der Waals surface area contributed by atoms with Gasteiger partial charge in [0.1, 0.15) is 0 Å². The first-order valence-electron chi connectivity index (χ1n) is 10.1. The molecule has 0 unspecified atom stereocenters. The van der Waals surface area contributed by atoms with Gasteiger partial charge < -0.3 is 19.7 Å². The van der Waals surface area contributed by atoms with Crippen molar-refractivity contribution in [1.82, 2.24) is 0 Å². The Labute approximate surface area is 157 Å². The molecule has 146 valence electrons. The van der Waals surface area contributed by atoms with E-state index in [9.17, 15) is 10.2 Å². The van der Waals surface area contributed by atoms with Crippen LogP contribution in [0.15, 0.2) is 24.3 Å². The SMILES string of the molecule is CCC1(O)CC(COCc2ccc(COCC3CC(O)(CC)C3)cc2)C1. The van der Waals surface area contributed by atoms with Gasteiger partial charge in [-0.2, -0.15) is 0 Å². The maximum atomic E-state index is 10.0. The molecule has 0 saturated heterocycles. The maximum Gasteiger partial charge on any atom is 0.0717 e. The summed E-state index contributed by atoms with van der Waals surface area (Å²) in [7, 11) is 0. The second kappa shape index (κ2) is 8.39. The highest BCUT2D eigenvalue weighted by Gasteiger charge is 2.41. The number of benzene rings is 1. The molecule has 2 saturated carbocycles. The minimum absolute atomic E-state index is 0.426. The van der Waals surface area contributed by atoms with Gasteiger partial charge in [0.2, 0.25) is 0 Å². The highest BCUT2D eigenvalue weighted by atomic mass is 16.5. The third-order valence-electron chi connectivity index (χ3n) is 6.26. The molecule has 1 aromatic rings. The Hall–Kier alpha value is -0.940. The Balaban J connectivity index is 1.28. The zero-order valence-electron chi connectivity index (χ0n) is 16.2. The molecule has 1 aromatic carbocycles. The highest BCUT2D eigenvalue weighted by molar-refractivity contribution is 5.21. The molecule has 2 N–H and O–H groups in total. The predicted octanol–water partition coefficient (Wildman–Crippen LogP) is 3.82. The normalized spacial score (nSPS) is 33.5. The highest BCUT2D eigenvalue weighted by Crippen LogP contribution is 2.41. The lowest BCUT2D eigenvalue weighted by molar-refractivity contribution is -0.100. The molecule has 0 amide bonds. The standard InChI is InChI=1S/C22H34O4/c1-3-21(23)9-19(10-21)15-25-13-17-5-7-18(8-6-17)14-26-16-20-11-22(24,4-2)12-20/h5-8,19-20,23-24H,3-4,9-16H2,1-2H3. The van der Waals surface area contributed by atoms with Crippen LogP contribution in [0.2, 0.25) is 0 Å². The third-order valence-corrected chi connectivity index (χ3v) is 6.26. The summed E-state index contributed by atoms with van der Waals surface area (Å²) in [5, 5.41) is 20.0. The lowest BCUT2D eigenvalue weighted by atomic mass is 9.70. The molecular formula is C22H34O4. The third kappa shape index (κ3) is 5.07. The van der Waals surface area contributed by atoms with E-state index in [4.69, 9.17) is 9.47 Å². The molecular weight excluding hydrogens is 328 g/mol. The average molecular weight is 363 g/mol. The van der Waals surface area contributed by atoms with E-state index >= 15 is 0 Å². The molecule has 0 atom stereocenters. The van der Waals surface area contributed by atoms with E-state index in [1.807, 2.05) is 13.8 Å². The molecule has 4 nitrogen and oxygen atoms in total. The molecule has 0 radical (unpaired) electrons. The van der Waals surface area contributed by atoms with Crippen molar-refractivity contribution in [3.8, 4) is 0 Å². The molecule has 2 aliphatic rings. The largest absolute Gasteiger partial charge is 0.390 e. The van der Waals surface area contributed by atoms with Crippen LogP contribution >= 0.6 is 0 Å². The van der Waals surface area contributed by atoms with E-state index in [0.29, 0.717) is 25.0 Å². The van der Waals surface area contributed by atoms with Crippen molar-refractivity contribution < 1.29 is 19.7 Å². The fourth-order valence-electron chi connectivity index (χ4n) is 4.26. The Morgan fingerprint density at radius 3 is 1.42 bits per heavy atom. The van der Waals surface area contributed by atoms with Crippen LogP contribution in [-0.2, 0) is 22.7 Å². The van der Waals surface area contributed by atoms with E-state index in [0.717, 1.165) is 51.7 Å². The summed E-state index contributed by atoms with van der Waals surface area (Å²) in [6.07, 6.45) is 5.17. The number of ether oxygens (including phenoxy) is 2. The van der Waals surface area contributed by atoms with Crippen LogP contribution in [0.4, 0.5) is 0 Å². The van der Waals surface area contributed by atoms with E-state index in [2.05, 4.69) is 24.3 Å². The van der Waals surface area contributed by atoms with Gasteiger partial charge in [-0.3, -0.25) is 0 Å². The van der Waals surface area contributed by atoms with Crippen molar-refractivity contribution in [2.75, 3.05) is 13.2 Å². The first-order chi connectivity index (χ1) is 12.4. The topological polar surface area (TPSA) is 58.9 Å². The number of rotatable bonds is 10. The van der Waals surface area contributed by atoms with Gasteiger partial charge in [-0.05, 0) is 61.5 Å². The zero-order valence-corrected chi connectivity index (χ0v) is 16.2. The van der Waals surface area contributed by atoms with Crippen molar-refractivity contribution in [1.29, 1.82) is 0 Å². The molecule has 4 heteroatoms. The predicted molar refractivity (Wildman–Crippen MR) is 102 cm³/mol. The average Bonchev–Trinajstić information content (AvgIpc) is 2.59. The Morgan fingerprint density at radius 1 is 0.769 bits per heavy atom. The zero-order chi connectivity index (χ0) is 18.6. The molecule has 0 aliphatic heterocycles. The monoisotopic (exact) mass is 362 g/mol. The number of aliphatic hydroxyl groups is 2. The van der Waals surface area contributed by atoms with Gasteiger partial charge in [-0.15, -0.1) is 0 Å². The minimum Gasteiger partial charge on any atom is -0.390 e. The summed E-state index contributed by atoms with van der Waals surface area (Å²) in [6, 6.07) is 8.39. The number of hydrogen-bond acceptors (Lipinski definition) is 4. The van der Waals surface area contributed by atoms with Gasteiger partial charge in [0.25, 0.3) is 0 Å². The first-order valence-corrected chi connectivity index (χ1v) is 10.1. The van der Waals surface area contributed by atoms with Gasteiger partial charge in [-0.25, -0.2) is 0 Å². The van der Waals surface area contributed by atoms with E-state index in [1.165, 1.54) is 11.1 Å². The number of hydrogen-bond donors (Lipinski definition) is 2. The van der Waals surface area contributed by atoms with Crippen LogP contribution in [0.25, 0.3) is 0 Å². The van der Waals surface area contributed by atoms with Crippen LogP contribution in [0, 0.1) is 11.8 Å². The van der Waals surface area contributed by atoms with Crippen molar-refractivity contribution in [2.45, 2.75) is 76.8 Å². The first kappa shape index (κ1) is 19.8. The fourth-order valence-corrected chi connectivity index (χ4v) is 4.26. The summed E-state index contributed by atoms with van der Waals surface area (Å²) >= 11 is 0. The minimum atomic E-state index is -0.426. The smallest absolute Gasteiger partial charge is 0.0717 e. The molecule has 26 heavy (non-hydrogen) atoms. The van der Waals surface area contributed by atoms with Crippen LogP contribution in [0.3, 0.4) is 0 Å². The summed E-state index contributed by atoms with van der Waals surface area (Å²) < 4.78 is 11.6. The van der Waals surface area contributed by atoms with E-state index in [1.54, 1.807) is 0 Å². The molecule has 2 aliphatic carbocycles. The second-order valence-corrected chi connectivity index (χ2v) is 8.55. The van der Waals surface area contributed by atoms with Gasteiger partial charge in [-0.1, -0.05) is 38.1 Å². The molecule has 0 aromatic heterocycles. The summed E-state index contributed by atoms with van der Waals surface area (Å²) in [4.78, 5) is 0. The van der Waals surface area contributed by atoms with Crippen molar-refractivity contribution in [2.24, 2.45) is 11.8 Å². The van der Waals surface area contributed by atoms with Crippen LogP contribution < -0.4 is 0 Å². The maximum absolute atomic E-state index is 10.0. The second-order valence-electron chi connectivity index (χ2n) is 8.55. The van der Waals surface area contributed by atoms with Crippen molar-refractivity contribution in [3.05, 3.63) is 35.4 Å². The summed E-state index contributed by atoms with van der Waals surface area (Å²) in [5.74, 6) is 1.01. The summed E-state index contributed by atoms with van der Waals surface area (Å²) in [5.41, 5.74) is 1.49.